The molecule has 0 unspecified atom stereocenters. The first kappa shape index (κ1) is 12.9. The second-order valence-corrected chi connectivity index (χ2v) is 5.07. The van der Waals surface area contributed by atoms with E-state index in [9.17, 15) is 5.26 Å². The Kier molecular flexibility index (Phi) is 3.88. The van der Waals surface area contributed by atoms with Crippen molar-refractivity contribution in [1.29, 1.82) is 5.26 Å². The fraction of sp³-hybridized carbons (Fsp3) is 0.533. The molecular formula is C15H21N3. The molecule has 96 valence electrons. The van der Waals surface area contributed by atoms with Crippen LogP contribution in [0.1, 0.15) is 25.3 Å². The Hall–Kier alpha value is -1.53. The molecule has 0 bridgehead atoms. The van der Waals surface area contributed by atoms with Crippen LogP contribution in [-0.2, 0) is 0 Å². The molecule has 0 saturated carbocycles. The summed E-state index contributed by atoms with van der Waals surface area (Å²) < 4.78 is 0. The van der Waals surface area contributed by atoms with Gasteiger partial charge in [0.25, 0.3) is 0 Å². The maximum absolute atomic E-state index is 9.52. The molecule has 1 aliphatic heterocycles. The van der Waals surface area contributed by atoms with Crippen molar-refractivity contribution in [3.8, 4) is 6.07 Å². The highest BCUT2D eigenvalue weighted by atomic mass is 15.1. The first-order valence-electron chi connectivity index (χ1n) is 6.66. The minimum Gasteiger partial charge on any atom is -0.367 e. The van der Waals surface area contributed by atoms with Crippen molar-refractivity contribution in [3.05, 3.63) is 29.8 Å². The van der Waals surface area contributed by atoms with Gasteiger partial charge in [-0.25, -0.2) is 0 Å². The van der Waals surface area contributed by atoms with Gasteiger partial charge in [-0.1, -0.05) is 25.1 Å². The Labute approximate surface area is 109 Å². The van der Waals surface area contributed by atoms with E-state index in [4.69, 9.17) is 0 Å². The minimum atomic E-state index is -0.391. The van der Waals surface area contributed by atoms with Gasteiger partial charge in [-0.05, 0) is 37.9 Å². The van der Waals surface area contributed by atoms with Crippen LogP contribution in [-0.4, -0.2) is 30.1 Å². The van der Waals surface area contributed by atoms with E-state index in [1.807, 2.05) is 12.1 Å². The average Bonchev–Trinajstić information content (AvgIpc) is 2.42. The van der Waals surface area contributed by atoms with E-state index in [0.717, 1.165) is 38.2 Å². The van der Waals surface area contributed by atoms with Crippen LogP contribution in [0.2, 0.25) is 0 Å². The third-order valence-corrected chi connectivity index (χ3v) is 3.89. The van der Waals surface area contributed by atoms with E-state index in [2.05, 4.69) is 42.3 Å². The molecule has 3 nitrogen and oxygen atoms in total. The quantitative estimate of drug-likeness (QED) is 0.887. The molecule has 18 heavy (non-hydrogen) atoms. The number of benzene rings is 1. The van der Waals surface area contributed by atoms with Crippen molar-refractivity contribution >= 4 is 5.69 Å². The van der Waals surface area contributed by atoms with E-state index < -0.39 is 5.54 Å². The standard InChI is InChI=1S/C15H21N3/c1-3-18-10-8-15(12-16,9-11-18)17-14-7-5-4-6-13(14)2/h4-7,17H,3,8-11H2,1-2H3. The Bertz CT molecular complexity index is 439. The highest BCUT2D eigenvalue weighted by Crippen LogP contribution is 2.27. The van der Waals surface area contributed by atoms with E-state index in [1.165, 1.54) is 5.56 Å². The summed E-state index contributed by atoms with van der Waals surface area (Å²) in [7, 11) is 0. The molecule has 2 rings (SSSR count). The number of anilines is 1. The van der Waals surface area contributed by atoms with Crippen molar-refractivity contribution in [2.45, 2.75) is 32.2 Å². The number of piperidine rings is 1. The molecule has 0 spiro atoms. The van der Waals surface area contributed by atoms with Gasteiger partial charge < -0.3 is 10.2 Å². The van der Waals surface area contributed by atoms with Crippen LogP contribution in [0.3, 0.4) is 0 Å². The Balaban J connectivity index is 2.11. The van der Waals surface area contributed by atoms with Crippen LogP contribution in [0.15, 0.2) is 24.3 Å². The SMILES string of the molecule is CCN1CCC(C#N)(Nc2ccccc2C)CC1. The number of aryl methyl sites for hydroxylation is 1. The number of nitrogens with one attached hydrogen (secondary N) is 1. The minimum absolute atomic E-state index is 0.391. The first-order valence-corrected chi connectivity index (χ1v) is 6.66. The molecule has 1 saturated heterocycles. The van der Waals surface area contributed by atoms with Gasteiger partial charge in [0.15, 0.2) is 0 Å². The van der Waals surface area contributed by atoms with Crippen LogP contribution in [0, 0.1) is 18.3 Å². The zero-order valence-corrected chi connectivity index (χ0v) is 11.2. The van der Waals surface area contributed by atoms with Crippen molar-refractivity contribution in [3.63, 3.8) is 0 Å². The van der Waals surface area contributed by atoms with E-state index in [0.29, 0.717) is 0 Å². The molecule has 0 aromatic heterocycles. The van der Waals surface area contributed by atoms with Crippen LogP contribution < -0.4 is 5.32 Å². The Morgan fingerprint density at radius 1 is 1.33 bits per heavy atom. The van der Waals surface area contributed by atoms with Crippen LogP contribution in [0.25, 0.3) is 0 Å². The molecule has 0 aliphatic carbocycles. The van der Waals surface area contributed by atoms with Gasteiger partial charge in [-0.2, -0.15) is 5.26 Å². The second-order valence-electron chi connectivity index (χ2n) is 5.07. The molecule has 0 radical (unpaired) electrons. The summed E-state index contributed by atoms with van der Waals surface area (Å²) in [5.41, 5.74) is 1.90. The monoisotopic (exact) mass is 243 g/mol. The summed E-state index contributed by atoms with van der Waals surface area (Å²) in [5, 5.41) is 13.0. The number of hydrogen-bond donors (Lipinski definition) is 1. The Morgan fingerprint density at radius 3 is 2.56 bits per heavy atom. The lowest BCUT2D eigenvalue weighted by molar-refractivity contribution is 0.206. The summed E-state index contributed by atoms with van der Waals surface area (Å²) in [6.07, 6.45) is 1.79. The molecule has 0 atom stereocenters. The molecule has 1 fully saturated rings. The highest BCUT2D eigenvalue weighted by Gasteiger charge is 2.34. The summed E-state index contributed by atoms with van der Waals surface area (Å²) >= 11 is 0. The van der Waals surface area contributed by atoms with Crippen molar-refractivity contribution in [2.24, 2.45) is 0 Å². The largest absolute Gasteiger partial charge is 0.367 e. The summed E-state index contributed by atoms with van der Waals surface area (Å²) in [4.78, 5) is 2.40. The molecule has 0 amide bonds. The summed E-state index contributed by atoms with van der Waals surface area (Å²) in [5.74, 6) is 0. The smallest absolute Gasteiger partial charge is 0.127 e. The van der Waals surface area contributed by atoms with Gasteiger partial charge in [-0.15, -0.1) is 0 Å². The number of likely N-dealkylation sites (tertiary alicyclic amines) is 1. The molecule has 1 N–H and O–H groups in total. The van der Waals surface area contributed by atoms with Gasteiger partial charge in [0.05, 0.1) is 6.07 Å². The zero-order chi connectivity index (χ0) is 13.0. The van der Waals surface area contributed by atoms with Gasteiger partial charge in [0, 0.05) is 18.8 Å². The predicted molar refractivity (Wildman–Crippen MR) is 74.5 cm³/mol. The fourth-order valence-electron chi connectivity index (χ4n) is 2.49. The van der Waals surface area contributed by atoms with E-state index in [-0.39, 0.29) is 0 Å². The number of nitriles is 1. The van der Waals surface area contributed by atoms with Crippen molar-refractivity contribution in [1.82, 2.24) is 4.90 Å². The first-order chi connectivity index (χ1) is 8.69. The van der Waals surface area contributed by atoms with Crippen LogP contribution in [0.4, 0.5) is 5.69 Å². The van der Waals surface area contributed by atoms with Crippen LogP contribution >= 0.6 is 0 Å². The summed E-state index contributed by atoms with van der Waals surface area (Å²) in [6, 6.07) is 10.7. The van der Waals surface area contributed by atoms with Gasteiger partial charge in [-0.3, -0.25) is 0 Å². The van der Waals surface area contributed by atoms with Gasteiger partial charge >= 0.3 is 0 Å². The average molecular weight is 243 g/mol. The van der Waals surface area contributed by atoms with E-state index >= 15 is 0 Å². The second kappa shape index (κ2) is 5.41. The maximum atomic E-state index is 9.52. The number of nitrogens with zero attached hydrogens (tertiary/aromatic N) is 2. The zero-order valence-electron chi connectivity index (χ0n) is 11.2. The lowest BCUT2D eigenvalue weighted by Crippen LogP contribution is -2.48. The van der Waals surface area contributed by atoms with E-state index in [1.54, 1.807) is 0 Å². The third-order valence-electron chi connectivity index (χ3n) is 3.89. The molecule has 1 aromatic rings. The number of para-hydroxylation sites is 1. The predicted octanol–water partition coefficient (Wildman–Crippen LogP) is 2.79. The molecule has 1 aromatic carbocycles. The fourth-order valence-corrected chi connectivity index (χ4v) is 2.49. The van der Waals surface area contributed by atoms with Crippen molar-refractivity contribution in [2.75, 3.05) is 25.0 Å². The normalized spacial score (nSPS) is 19.2. The maximum Gasteiger partial charge on any atom is 0.127 e. The molecule has 1 aliphatic rings. The third kappa shape index (κ3) is 2.65. The summed E-state index contributed by atoms with van der Waals surface area (Å²) in [6.45, 7) is 7.33. The lowest BCUT2D eigenvalue weighted by atomic mass is 9.88. The molecule has 3 heteroatoms. The number of hydrogen-bond acceptors (Lipinski definition) is 3. The molecular weight excluding hydrogens is 222 g/mol. The van der Waals surface area contributed by atoms with Crippen molar-refractivity contribution < 1.29 is 0 Å². The van der Waals surface area contributed by atoms with Gasteiger partial charge in [0.1, 0.15) is 5.54 Å². The lowest BCUT2D eigenvalue weighted by Gasteiger charge is -2.38. The highest BCUT2D eigenvalue weighted by molar-refractivity contribution is 5.53. The van der Waals surface area contributed by atoms with Gasteiger partial charge in [0.2, 0.25) is 0 Å². The van der Waals surface area contributed by atoms with Crippen LogP contribution in [0.5, 0.6) is 0 Å². The molecule has 1 heterocycles. The topological polar surface area (TPSA) is 39.1 Å². The Morgan fingerprint density at radius 2 is 2.00 bits per heavy atom. The number of rotatable bonds is 3.